The Labute approximate surface area is 308 Å². The highest BCUT2D eigenvalue weighted by atomic mass is 19.4. The molecule has 9 rings (SSSR count). The zero-order valence-corrected chi connectivity index (χ0v) is 29.8. The fourth-order valence-corrected chi connectivity index (χ4v) is 9.26. The summed E-state index contributed by atoms with van der Waals surface area (Å²) < 4.78 is 91.6. The lowest BCUT2D eigenvalue weighted by atomic mass is 9.86. The van der Waals surface area contributed by atoms with Crippen LogP contribution in [0.4, 0.5) is 27.8 Å². The van der Waals surface area contributed by atoms with E-state index in [1.807, 2.05) is 0 Å². The maximum atomic E-state index is 17.2. The molecule has 5 aliphatic heterocycles. The Kier molecular flexibility index (Phi) is 8.15. The molecule has 7 heterocycles. The molecule has 2 bridgehead atoms. The number of piperazine rings is 1. The Morgan fingerprint density at radius 2 is 1.91 bits per heavy atom. The number of phenolic OH excluding ortho intramolecular Hbond substituents is 1. The first-order valence-corrected chi connectivity index (χ1v) is 18.4. The lowest BCUT2D eigenvalue weighted by Gasteiger charge is -2.46. The first-order chi connectivity index (χ1) is 25.7. The quantitative estimate of drug-likeness (QED) is 0.174. The van der Waals surface area contributed by atoms with E-state index in [0.29, 0.717) is 43.7 Å². The normalized spacial score (nSPS) is 26.7. The minimum absolute atomic E-state index is 0.0650. The van der Waals surface area contributed by atoms with Gasteiger partial charge in [-0.2, -0.15) is 23.1 Å². The molecular formula is C39H39F5N6O4. The largest absolute Gasteiger partial charge is 0.508 e. The number of aromatic nitrogens is 3. The molecule has 5 aliphatic rings. The zero-order valence-electron chi connectivity index (χ0n) is 29.8. The highest BCUT2D eigenvalue weighted by Gasteiger charge is 2.53. The van der Waals surface area contributed by atoms with Gasteiger partial charge in [0.15, 0.2) is 11.4 Å². The van der Waals surface area contributed by atoms with Crippen LogP contribution in [0.5, 0.6) is 17.6 Å². The summed E-state index contributed by atoms with van der Waals surface area (Å²) in [5.74, 6) is 1.14. The number of anilines is 1. The van der Waals surface area contributed by atoms with Gasteiger partial charge >= 0.3 is 12.2 Å². The molecule has 10 nitrogen and oxygen atoms in total. The predicted molar refractivity (Wildman–Crippen MR) is 190 cm³/mol. The van der Waals surface area contributed by atoms with Gasteiger partial charge in [0, 0.05) is 36.1 Å². The Morgan fingerprint density at radius 3 is 2.70 bits per heavy atom. The molecule has 0 spiro atoms. The van der Waals surface area contributed by atoms with Crippen LogP contribution in [0.25, 0.3) is 32.9 Å². The molecule has 0 radical (unpaired) electrons. The molecule has 15 heteroatoms. The number of terminal acetylenes is 1. The standard InChI is InChI=1S/C39H39F5N6O4/c1-4-24-26(40)8-6-20-14-22(51)15-25(29(20)24)32-31(41)33-30-34(50-16-21-7-9-27(45-21)28(50)18-52-35(30)46-32)48-36(47-33)53-19-38-11-5-13-49(38)17-23(10-12-38)54-37(2,3)39(42,43)44/h1,6,8,14-15,21,23,27-28,45,51H,5,7,9-13,16-19H2,2-3H3/t21-,23-,27+,28-,38+/m1/s1. The van der Waals surface area contributed by atoms with Crippen molar-refractivity contribution in [1.82, 2.24) is 25.2 Å². The molecule has 4 fully saturated rings. The van der Waals surface area contributed by atoms with Gasteiger partial charge in [0.05, 0.1) is 23.2 Å². The number of fused-ring (bicyclic) bond motifs is 7. The number of nitrogens with one attached hydrogen (secondary N) is 1. The van der Waals surface area contributed by atoms with Gasteiger partial charge in [-0.15, -0.1) is 6.42 Å². The first-order valence-electron chi connectivity index (χ1n) is 18.4. The predicted octanol–water partition coefficient (Wildman–Crippen LogP) is 6.25. The van der Waals surface area contributed by atoms with Crippen molar-refractivity contribution in [3.8, 4) is 41.2 Å². The van der Waals surface area contributed by atoms with Crippen molar-refractivity contribution in [3.63, 3.8) is 0 Å². The molecule has 5 atom stereocenters. The third-order valence-corrected chi connectivity index (χ3v) is 12.1. The molecule has 284 valence electrons. The van der Waals surface area contributed by atoms with Crippen molar-refractivity contribution < 1.29 is 41.3 Å². The van der Waals surface area contributed by atoms with Crippen LogP contribution in [-0.2, 0) is 4.74 Å². The summed E-state index contributed by atoms with van der Waals surface area (Å²) in [4.78, 5) is 18.4. The van der Waals surface area contributed by atoms with Crippen molar-refractivity contribution in [3.05, 3.63) is 41.5 Å². The van der Waals surface area contributed by atoms with E-state index in [0.717, 1.165) is 39.5 Å². The van der Waals surface area contributed by atoms with Crippen molar-refractivity contribution in [2.45, 2.75) is 93.9 Å². The Morgan fingerprint density at radius 1 is 1.07 bits per heavy atom. The van der Waals surface area contributed by atoms with Crippen LogP contribution >= 0.6 is 0 Å². The third-order valence-electron chi connectivity index (χ3n) is 12.1. The average Bonchev–Trinajstić information content (AvgIpc) is 3.69. The molecule has 0 saturated carbocycles. The molecule has 2 aromatic carbocycles. The van der Waals surface area contributed by atoms with Gasteiger partial charge in [-0.05, 0) is 82.5 Å². The molecule has 4 aromatic rings. The van der Waals surface area contributed by atoms with Crippen LogP contribution < -0.4 is 19.7 Å². The fraction of sp³-hybridized carbons (Fsp3) is 0.513. The minimum atomic E-state index is -4.51. The smallest absolute Gasteiger partial charge is 0.416 e. The number of pyridine rings is 1. The summed E-state index contributed by atoms with van der Waals surface area (Å²) in [6, 6.07) is 5.42. The molecule has 0 aliphatic carbocycles. The zero-order chi connectivity index (χ0) is 37.7. The van der Waals surface area contributed by atoms with Gasteiger partial charge in [-0.1, -0.05) is 12.0 Å². The molecule has 2 aromatic heterocycles. The second-order valence-electron chi connectivity index (χ2n) is 15.7. The van der Waals surface area contributed by atoms with Crippen molar-refractivity contribution in [1.29, 1.82) is 0 Å². The van der Waals surface area contributed by atoms with Gasteiger partial charge in [0.2, 0.25) is 5.88 Å². The Hall–Kier alpha value is -4.52. The number of nitrogens with zero attached hydrogens (tertiary/aromatic N) is 5. The summed E-state index contributed by atoms with van der Waals surface area (Å²) in [5, 5.41) is 15.2. The van der Waals surface area contributed by atoms with Crippen LogP contribution in [-0.4, -0.2) is 99.4 Å². The van der Waals surface area contributed by atoms with Crippen LogP contribution in [0.2, 0.25) is 0 Å². The maximum absolute atomic E-state index is 17.2. The summed E-state index contributed by atoms with van der Waals surface area (Å²) in [6.45, 7) is 4.04. The lowest BCUT2D eigenvalue weighted by molar-refractivity contribution is -0.282. The summed E-state index contributed by atoms with van der Waals surface area (Å²) >= 11 is 0. The number of benzene rings is 2. The SMILES string of the molecule is C#Cc1c(F)ccc2cc(O)cc(-c3nc4c5c(nc(OC[C@@]67CCCN6C[C@H](OC(C)(C)C(F)(F)F)CC7)nc5c3F)N3C[C@H]5CC[C@H](N5)[C@H]3CO4)c12. The Bertz CT molecular complexity index is 2230. The number of hydrogen-bond acceptors (Lipinski definition) is 10. The van der Waals surface area contributed by atoms with E-state index >= 15 is 8.78 Å². The van der Waals surface area contributed by atoms with Crippen LogP contribution in [0.3, 0.4) is 0 Å². The van der Waals surface area contributed by atoms with E-state index in [1.54, 1.807) is 0 Å². The van der Waals surface area contributed by atoms with Crippen molar-refractivity contribution in [2.24, 2.45) is 0 Å². The molecule has 0 amide bonds. The molecule has 0 unspecified atom stereocenters. The second kappa shape index (κ2) is 12.5. The fourth-order valence-electron chi connectivity index (χ4n) is 9.26. The van der Waals surface area contributed by atoms with E-state index in [9.17, 15) is 18.3 Å². The molecule has 2 N–H and O–H groups in total. The topological polar surface area (TPSA) is 105 Å². The number of halogens is 5. The monoisotopic (exact) mass is 750 g/mol. The molecule has 4 saturated heterocycles. The van der Waals surface area contributed by atoms with Gasteiger partial charge in [-0.25, -0.2) is 13.8 Å². The summed E-state index contributed by atoms with van der Waals surface area (Å²) in [7, 11) is 0. The summed E-state index contributed by atoms with van der Waals surface area (Å²) in [6.07, 6.45) is 5.06. The third kappa shape index (κ3) is 5.59. The number of piperidine rings is 1. The summed E-state index contributed by atoms with van der Waals surface area (Å²) in [5.41, 5.74) is -3.17. The molecule has 54 heavy (non-hydrogen) atoms. The second-order valence-corrected chi connectivity index (χ2v) is 15.7. The van der Waals surface area contributed by atoms with Gasteiger partial charge in [-0.3, -0.25) is 4.90 Å². The average molecular weight is 751 g/mol. The van der Waals surface area contributed by atoms with Crippen molar-refractivity contribution in [2.75, 3.05) is 37.7 Å². The van der Waals surface area contributed by atoms with E-state index in [-0.39, 0.29) is 82.1 Å². The Balaban J connectivity index is 1.13. The van der Waals surface area contributed by atoms with Crippen LogP contribution in [0.1, 0.15) is 57.9 Å². The number of rotatable bonds is 6. The van der Waals surface area contributed by atoms with Crippen LogP contribution in [0, 0.1) is 24.0 Å². The van der Waals surface area contributed by atoms with Gasteiger partial charge in [0.1, 0.15) is 47.2 Å². The van der Waals surface area contributed by atoms with Crippen molar-refractivity contribution >= 4 is 27.5 Å². The highest BCUT2D eigenvalue weighted by molar-refractivity contribution is 6.04. The number of phenols is 1. The van der Waals surface area contributed by atoms with E-state index in [1.165, 1.54) is 24.3 Å². The first kappa shape index (κ1) is 35.2. The van der Waals surface area contributed by atoms with Gasteiger partial charge in [0.25, 0.3) is 0 Å². The molecular weight excluding hydrogens is 711 g/mol. The maximum Gasteiger partial charge on any atom is 0.416 e. The van der Waals surface area contributed by atoms with Crippen LogP contribution in [0.15, 0.2) is 24.3 Å². The van der Waals surface area contributed by atoms with Gasteiger partial charge < -0.3 is 29.5 Å². The highest BCUT2D eigenvalue weighted by Crippen LogP contribution is 2.46. The van der Waals surface area contributed by atoms with E-state index in [4.69, 9.17) is 25.6 Å². The number of ether oxygens (including phenoxy) is 3. The minimum Gasteiger partial charge on any atom is -0.508 e. The number of aromatic hydroxyl groups is 1. The van der Waals surface area contributed by atoms with E-state index < -0.39 is 35.1 Å². The number of hydrogen-bond donors (Lipinski definition) is 2. The van der Waals surface area contributed by atoms with E-state index in [2.05, 4.69) is 31.0 Å². The lowest BCUT2D eigenvalue weighted by Crippen LogP contribution is -2.60. The number of alkyl halides is 3.